The number of hydrogen-bond acceptors (Lipinski definition) is 2. The molecule has 78 valence electrons. The standard InChI is InChI=1S/C11H22O2/c1-3-5-6-7-8-11(4-2)12-9-10-13-11/h3-10H2,1-2H3. The summed E-state index contributed by atoms with van der Waals surface area (Å²) < 4.78 is 11.3. The van der Waals surface area contributed by atoms with E-state index in [0.29, 0.717) is 0 Å². The van der Waals surface area contributed by atoms with Crippen LogP contribution in [0.3, 0.4) is 0 Å². The molecule has 2 nitrogen and oxygen atoms in total. The van der Waals surface area contributed by atoms with Crippen LogP contribution < -0.4 is 0 Å². The number of hydrogen-bond donors (Lipinski definition) is 0. The molecule has 0 aromatic carbocycles. The lowest BCUT2D eigenvalue weighted by molar-refractivity contribution is -0.164. The number of unbranched alkanes of at least 4 members (excludes halogenated alkanes) is 3. The molecule has 0 saturated carbocycles. The van der Waals surface area contributed by atoms with Crippen LogP contribution in [0.15, 0.2) is 0 Å². The first kappa shape index (κ1) is 11.0. The highest BCUT2D eigenvalue weighted by Crippen LogP contribution is 2.29. The van der Waals surface area contributed by atoms with Crippen LogP contribution in [0.25, 0.3) is 0 Å². The van der Waals surface area contributed by atoms with Gasteiger partial charge in [-0.1, -0.05) is 33.1 Å². The third-order valence-electron chi connectivity index (χ3n) is 2.76. The highest BCUT2D eigenvalue weighted by Gasteiger charge is 2.33. The Morgan fingerprint density at radius 1 is 1.00 bits per heavy atom. The maximum atomic E-state index is 5.65. The Kier molecular flexibility index (Phi) is 4.74. The molecular weight excluding hydrogens is 164 g/mol. The Hall–Kier alpha value is -0.0800. The first-order chi connectivity index (χ1) is 6.33. The van der Waals surface area contributed by atoms with Crippen molar-refractivity contribution in [3.63, 3.8) is 0 Å². The normalized spacial score (nSPS) is 20.8. The van der Waals surface area contributed by atoms with Gasteiger partial charge in [-0.2, -0.15) is 0 Å². The van der Waals surface area contributed by atoms with Gasteiger partial charge in [0.25, 0.3) is 0 Å². The average molecular weight is 186 g/mol. The van der Waals surface area contributed by atoms with E-state index >= 15 is 0 Å². The Bertz CT molecular complexity index is 128. The predicted molar refractivity (Wildman–Crippen MR) is 53.7 cm³/mol. The minimum atomic E-state index is -0.215. The van der Waals surface area contributed by atoms with Gasteiger partial charge in [0.2, 0.25) is 0 Å². The second-order valence-corrected chi connectivity index (χ2v) is 3.77. The fourth-order valence-corrected chi connectivity index (χ4v) is 1.84. The van der Waals surface area contributed by atoms with E-state index < -0.39 is 0 Å². The zero-order valence-electron chi connectivity index (χ0n) is 8.97. The van der Waals surface area contributed by atoms with Crippen molar-refractivity contribution in [3.05, 3.63) is 0 Å². The van der Waals surface area contributed by atoms with Crippen molar-refractivity contribution in [2.45, 2.75) is 58.2 Å². The van der Waals surface area contributed by atoms with Gasteiger partial charge in [0, 0.05) is 6.42 Å². The highest BCUT2D eigenvalue weighted by atomic mass is 16.7. The monoisotopic (exact) mass is 186 g/mol. The summed E-state index contributed by atoms with van der Waals surface area (Å²) in [7, 11) is 0. The van der Waals surface area contributed by atoms with E-state index in [1.807, 2.05) is 0 Å². The predicted octanol–water partition coefficient (Wildman–Crippen LogP) is 3.11. The molecular formula is C11H22O2. The summed E-state index contributed by atoms with van der Waals surface area (Å²) in [5, 5.41) is 0. The molecule has 1 rings (SSSR count). The number of ether oxygens (including phenoxy) is 2. The van der Waals surface area contributed by atoms with E-state index in [9.17, 15) is 0 Å². The maximum absolute atomic E-state index is 5.65. The summed E-state index contributed by atoms with van der Waals surface area (Å²) in [4.78, 5) is 0. The lowest BCUT2D eigenvalue weighted by Crippen LogP contribution is -2.28. The second kappa shape index (κ2) is 5.61. The molecule has 1 fully saturated rings. The fraction of sp³-hybridized carbons (Fsp3) is 1.00. The minimum absolute atomic E-state index is 0.215. The molecule has 2 heteroatoms. The van der Waals surface area contributed by atoms with Gasteiger partial charge in [-0.3, -0.25) is 0 Å². The van der Waals surface area contributed by atoms with Gasteiger partial charge in [-0.15, -0.1) is 0 Å². The molecule has 0 radical (unpaired) electrons. The van der Waals surface area contributed by atoms with Gasteiger partial charge < -0.3 is 9.47 Å². The summed E-state index contributed by atoms with van der Waals surface area (Å²) in [6, 6.07) is 0. The Labute approximate surface area is 81.6 Å². The van der Waals surface area contributed by atoms with Crippen LogP contribution in [0.4, 0.5) is 0 Å². The van der Waals surface area contributed by atoms with Crippen LogP contribution in [0.1, 0.15) is 52.4 Å². The van der Waals surface area contributed by atoms with Gasteiger partial charge in [0.15, 0.2) is 5.79 Å². The van der Waals surface area contributed by atoms with Crippen molar-refractivity contribution < 1.29 is 9.47 Å². The Morgan fingerprint density at radius 2 is 1.69 bits per heavy atom. The lowest BCUT2D eigenvalue weighted by Gasteiger charge is -2.25. The Balaban J connectivity index is 2.16. The first-order valence-electron chi connectivity index (χ1n) is 5.61. The summed E-state index contributed by atoms with van der Waals surface area (Å²) in [6.07, 6.45) is 7.23. The third kappa shape index (κ3) is 3.28. The van der Waals surface area contributed by atoms with Gasteiger partial charge in [0.1, 0.15) is 0 Å². The molecule has 0 aromatic rings. The van der Waals surface area contributed by atoms with Crippen molar-refractivity contribution in [2.24, 2.45) is 0 Å². The van der Waals surface area contributed by atoms with Gasteiger partial charge in [-0.25, -0.2) is 0 Å². The molecule has 0 atom stereocenters. The van der Waals surface area contributed by atoms with Gasteiger partial charge >= 0.3 is 0 Å². The van der Waals surface area contributed by atoms with Crippen molar-refractivity contribution >= 4 is 0 Å². The van der Waals surface area contributed by atoms with Crippen LogP contribution in [0.2, 0.25) is 0 Å². The topological polar surface area (TPSA) is 18.5 Å². The summed E-state index contributed by atoms with van der Waals surface area (Å²) >= 11 is 0. The lowest BCUT2D eigenvalue weighted by atomic mass is 10.0. The molecule has 1 saturated heterocycles. The molecule has 0 unspecified atom stereocenters. The molecule has 0 aromatic heterocycles. The molecule has 1 aliphatic rings. The van der Waals surface area contributed by atoms with Gasteiger partial charge in [0.05, 0.1) is 13.2 Å². The molecule has 0 bridgehead atoms. The van der Waals surface area contributed by atoms with E-state index in [1.165, 1.54) is 25.7 Å². The highest BCUT2D eigenvalue weighted by molar-refractivity contribution is 4.72. The van der Waals surface area contributed by atoms with E-state index in [2.05, 4.69) is 13.8 Å². The van der Waals surface area contributed by atoms with Crippen LogP contribution >= 0.6 is 0 Å². The second-order valence-electron chi connectivity index (χ2n) is 3.77. The zero-order chi connectivity index (χ0) is 9.57. The van der Waals surface area contributed by atoms with Crippen LogP contribution in [0.5, 0.6) is 0 Å². The Morgan fingerprint density at radius 3 is 2.23 bits per heavy atom. The van der Waals surface area contributed by atoms with Gasteiger partial charge in [-0.05, 0) is 12.8 Å². The SMILES string of the molecule is CCCCCCC1(CC)OCCO1. The van der Waals surface area contributed by atoms with E-state index in [0.717, 1.165) is 26.1 Å². The molecule has 1 heterocycles. The maximum Gasteiger partial charge on any atom is 0.168 e. The van der Waals surface area contributed by atoms with Crippen molar-refractivity contribution in [2.75, 3.05) is 13.2 Å². The molecule has 0 N–H and O–H groups in total. The van der Waals surface area contributed by atoms with Crippen molar-refractivity contribution in [3.8, 4) is 0 Å². The molecule has 0 amide bonds. The quantitative estimate of drug-likeness (QED) is 0.593. The first-order valence-corrected chi connectivity index (χ1v) is 5.61. The van der Waals surface area contributed by atoms with E-state index in [1.54, 1.807) is 0 Å². The molecule has 1 aliphatic heterocycles. The van der Waals surface area contributed by atoms with Crippen LogP contribution in [-0.4, -0.2) is 19.0 Å². The smallest absolute Gasteiger partial charge is 0.168 e. The van der Waals surface area contributed by atoms with E-state index in [-0.39, 0.29) is 5.79 Å². The summed E-state index contributed by atoms with van der Waals surface area (Å²) in [6.45, 7) is 5.94. The van der Waals surface area contributed by atoms with Crippen molar-refractivity contribution in [1.29, 1.82) is 0 Å². The number of rotatable bonds is 6. The third-order valence-corrected chi connectivity index (χ3v) is 2.76. The largest absolute Gasteiger partial charge is 0.348 e. The van der Waals surface area contributed by atoms with Crippen LogP contribution in [-0.2, 0) is 9.47 Å². The van der Waals surface area contributed by atoms with E-state index in [4.69, 9.17) is 9.47 Å². The zero-order valence-corrected chi connectivity index (χ0v) is 8.97. The molecule has 0 aliphatic carbocycles. The molecule has 13 heavy (non-hydrogen) atoms. The average Bonchev–Trinajstić information content (AvgIpc) is 2.62. The summed E-state index contributed by atoms with van der Waals surface area (Å²) in [5.41, 5.74) is 0. The fourth-order valence-electron chi connectivity index (χ4n) is 1.84. The summed E-state index contributed by atoms with van der Waals surface area (Å²) in [5.74, 6) is -0.215. The molecule has 0 spiro atoms. The van der Waals surface area contributed by atoms with Crippen molar-refractivity contribution in [1.82, 2.24) is 0 Å². The minimum Gasteiger partial charge on any atom is -0.348 e. The van der Waals surface area contributed by atoms with Crippen LogP contribution in [0, 0.1) is 0 Å².